The van der Waals surface area contributed by atoms with Crippen LogP contribution in [-0.4, -0.2) is 48.1 Å². The van der Waals surface area contributed by atoms with Crippen molar-refractivity contribution in [3.63, 3.8) is 0 Å². The topological polar surface area (TPSA) is 54.5 Å². The number of hydrogen-bond acceptors (Lipinski definition) is 4. The van der Waals surface area contributed by atoms with Gasteiger partial charge in [0.1, 0.15) is 5.75 Å². The molecule has 5 heteroatoms. The van der Waals surface area contributed by atoms with Crippen LogP contribution in [0.5, 0.6) is 5.75 Å². The average molecular weight is 377 g/mol. The lowest BCUT2D eigenvalue weighted by Crippen LogP contribution is -2.64. The summed E-state index contributed by atoms with van der Waals surface area (Å²) >= 11 is 0. The van der Waals surface area contributed by atoms with Crippen LogP contribution in [0.25, 0.3) is 6.08 Å². The molecule has 5 rings (SSSR count). The van der Waals surface area contributed by atoms with Gasteiger partial charge in [0.25, 0.3) is 0 Å². The first-order chi connectivity index (χ1) is 13.7. The van der Waals surface area contributed by atoms with E-state index < -0.39 is 0 Å². The van der Waals surface area contributed by atoms with Gasteiger partial charge in [-0.15, -0.1) is 0 Å². The van der Waals surface area contributed by atoms with E-state index in [2.05, 4.69) is 21.3 Å². The highest BCUT2D eigenvalue weighted by Gasteiger charge is 2.42. The predicted octanol–water partition coefficient (Wildman–Crippen LogP) is 2.93. The molecule has 146 valence electrons. The zero-order valence-electron chi connectivity index (χ0n) is 16.3. The molecule has 28 heavy (non-hydrogen) atoms. The number of pyridine rings is 1. The standard InChI is InChI=1S/C23H27N3O2/c1-28-21-7-3-2-6-18(21)8-9-22(27)25-23-19-10-13-26(14-11-19)20(23)15-17-5-4-12-24-16-17/h2-9,12,16,19-20,23H,10-11,13-15H2,1H3,(H,25,27)/b9-8+. The zero-order chi connectivity index (χ0) is 19.3. The maximum absolute atomic E-state index is 12.7. The van der Waals surface area contributed by atoms with Crippen molar-refractivity contribution in [2.45, 2.75) is 31.3 Å². The molecule has 2 atom stereocenters. The number of para-hydroxylation sites is 1. The van der Waals surface area contributed by atoms with Crippen molar-refractivity contribution in [1.82, 2.24) is 15.2 Å². The Kier molecular flexibility index (Phi) is 5.72. The average Bonchev–Trinajstić information content (AvgIpc) is 2.75. The number of hydrogen-bond donors (Lipinski definition) is 1. The Morgan fingerprint density at radius 1 is 1.25 bits per heavy atom. The van der Waals surface area contributed by atoms with Crippen molar-refractivity contribution in [1.29, 1.82) is 0 Å². The number of piperidine rings is 3. The van der Waals surface area contributed by atoms with Crippen LogP contribution >= 0.6 is 0 Å². The summed E-state index contributed by atoms with van der Waals surface area (Å²) in [6, 6.07) is 12.3. The predicted molar refractivity (Wildman–Crippen MR) is 110 cm³/mol. The fraction of sp³-hybridized carbons (Fsp3) is 0.391. The Hall–Kier alpha value is -2.66. The lowest BCUT2D eigenvalue weighted by molar-refractivity contribution is -0.119. The molecule has 0 spiro atoms. The first-order valence-electron chi connectivity index (χ1n) is 9.99. The summed E-state index contributed by atoms with van der Waals surface area (Å²) in [6.07, 6.45) is 10.4. The lowest BCUT2D eigenvalue weighted by Gasteiger charge is -2.51. The molecule has 4 heterocycles. The van der Waals surface area contributed by atoms with Gasteiger partial charge in [-0.1, -0.05) is 24.3 Å². The lowest BCUT2D eigenvalue weighted by atomic mass is 9.77. The van der Waals surface area contributed by atoms with E-state index in [1.54, 1.807) is 19.4 Å². The maximum Gasteiger partial charge on any atom is 0.244 e. The van der Waals surface area contributed by atoms with Crippen LogP contribution in [0, 0.1) is 5.92 Å². The van der Waals surface area contributed by atoms with E-state index in [1.807, 2.05) is 42.6 Å². The van der Waals surface area contributed by atoms with E-state index in [-0.39, 0.29) is 11.9 Å². The quantitative estimate of drug-likeness (QED) is 0.787. The van der Waals surface area contributed by atoms with Gasteiger partial charge in [-0.3, -0.25) is 14.7 Å². The van der Waals surface area contributed by atoms with E-state index in [9.17, 15) is 4.79 Å². The fourth-order valence-electron chi connectivity index (χ4n) is 4.56. The summed E-state index contributed by atoms with van der Waals surface area (Å²) in [5.74, 6) is 1.28. The second-order valence-corrected chi connectivity index (χ2v) is 7.62. The fourth-order valence-corrected chi connectivity index (χ4v) is 4.56. The van der Waals surface area contributed by atoms with Crippen LogP contribution in [0.15, 0.2) is 54.9 Å². The summed E-state index contributed by atoms with van der Waals surface area (Å²) in [7, 11) is 1.64. The van der Waals surface area contributed by atoms with Gasteiger partial charge < -0.3 is 10.1 Å². The molecular formula is C23H27N3O2. The van der Waals surface area contributed by atoms with Crippen LogP contribution in [0.1, 0.15) is 24.0 Å². The Morgan fingerprint density at radius 2 is 2.07 bits per heavy atom. The molecular weight excluding hydrogens is 350 g/mol. The molecule has 2 aromatic rings. The van der Waals surface area contributed by atoms with Crippen molar-refractivity contribution in [3.05, 3.63) is 66.0 Å². The largest absolute Gasteiger partial charge is 0.496 e. The van der Waals surface area contributed by atoms with Gasteiger partial charge in [0.05, 0.1) is 7.11 Å². The summed E-state index contributed by atoms with van der Waals surface area (Å²) < 4.78 is 5.36. The van der Waals surface area contributed by atoms with Crippen molar-refractivity contribution < 1.29 is 9.53 Å². The van der Waals surface area contributed by atoms with Gasteiger partial charge in [0, 0.05) is 36.1 Å². The summed E-state index contributed by atoms with van der Waals surface area (Å²) in [4.78, 5) is 19.5. The van der Waals surface area contributed by atoms with E-state index in [0.717, 1.165) is 43.7 Å². The minimum atomic E-state index is -0.0409. The molecule has 1 N–H and O–H groups in total. The smallest absolute Gasteiger partial charge is 0.244 e. The third kappa shape index (κ3) is 4.09. The maximum atomic E-state index is 12.7. The number of methoxy groups -OCH3 is 1. The minimum absolute atomic E-state index is 0.0409. The molecule has 3 aliphatic heterocycles. The molecule has 3 saturated heterocycles. The van der Waals surface area contributed by atoms with Crippen LogP contribution in [0.2, 0.25) is 0 Å². The van der Waals surface area contributed by atoms with Gasteiger partial charge in [-0.05, 0) is 62.0 Å². The van der Waals surface area contributed by atoms with Gasteiger partial charge in [-0.2, -0.15) is 0 Å². The molecule has 1 amide bonds. The molecule has 1 aromatic carbocycles. The SMILES string of the molecule is COc1ccccc1/C=C/C(=O)NC1C2CCN(CC2)C1Cc1cccnc1. The summed E-state index contributed by atoms with van der Waals surface area (Å²) in [6.45, 7) is 2.25. The molecule has 0 saturated carbocycles. The minimum Gasteiger partial charge on any atom is -0.496 e. The number of ether oxygens (including phenoxy) is 1. The number of carbonyl (C=O) groups excluding carboxylic acids is 1. The number of nitrogens with zero attached hydrogens (tertiary/aromatic N) is 2. The van der Waals surface area contributed by atoms with Crippen LogP contribution in [0.4, 0.5) is 0 Å². The van der Waals surface area contributed by atoms with Gasteiger partial charge >= 0.3 is 0 Å². The van der Waals surface area contributed by atoms with Gasteiger partial charge in [0.2, 0.25) is 5.91 Å². The number of aromatic nitrogens is 1. The highest BCUT2D eigenvalue weighted by Crippen LogP contribution is 2.34. The van der Waals surface area contributed by atoms with Crippen LogP contribution in [0.3, 0.4) is 0 Å². The van der Waals surface area contributed by atoms with E-state index in [0.29, 0.717) is 12.0 Å². The molecule has 5 nitrogen and oxygen atoms in total. The third-order valence-corrected chi connectivity index (χ3v) is 6.00. The molecule has 2 bridgehead atoms. The first kappa shape index (κ1) is 18.7. The number of fused-ring (bicyclic) bond motifs is 3. The Labute approximate surface area is 166 Å². The number of rotatable bonds is 6. The van der Waals surface area contributed by atoms with Crippen LogP contribution in [-0.2, 0) is 11.2 Å². The van der Waals surface area contributed by atoms with Gasteiger partial charge in [0.15, 0.2) is 0 Å². The zero-order valence-corrected chi connectivity index (χ0v) is 16.3. The molecule has 2 unspecified atom stereocenters. The van der Waals surface area contributed by atoms with Crippen molar-refractivity contribution in [2.24, 2.45) is 5.92 Å². The number of carbonyl (C=O) groups is 1. The molecule has 1 aromatic heterocycles. The third-order valence-electron chi connectivity index (χ3n) is 6.00. The second kappa shape index (κ2) is 8.57. The second-order valence-electron chi connectivity index (χ2n) is 7.62. The molecule has 0 aliphatic carbocycles. The van der Waals surface area contributed by atoms with E-state index >= 15 is 0 Å². The Bertz CT molecular complexity index is 829. The van der Waals surface area contributed by atoms with E-state index in [1.165, 1.54) is 5.56 Å². The number of nitrogens with one attached hydrogen (secondary N) is 1. The van der Waals surface area contributed by atoms with Gasteiger partial charge in [-0.25, -0.2) is 0 Å². The van der Waals surface area contributed by atoms with Crippen molar-refractivity contribution in [2.75, 3.05) is 20.2 Å². The van der Waals surface area contributed by atoms with E-state index in [4.69, 9.17) is 4.74 Å². The summed E-state index contributed by atoms with van der Waals surface area (Å²) in [5.41, 5.74) is 2.13. The number of amides is 1. The molecule has 0 radical (unpaired) electrons. The first-order valence-corrected chi connectivity index (χ1v) is 9.99. The van der Waals surface area contributed by atoms with Crippen molar-refractivity contribution >= 4 is 12.0 Å². The Morgan fingerprint density at radius 3 is 2.82 bits per heavy atom. The molecule has 3 fully saturated rings. The molecule has 3 aliphatic rings. The van der Waals surface area contributed by atoms with Crippen LogP contribution < -0.4 is 10.1 Å². The summed E-state index contributed by atoms with van der Waals surface area (Å²) in [5, 5.41) is 3.30. The highest BCUT2D eigenvalue weighted by molar-refractivity contribution is 5.92. The normalized spacial score (nSPS) is 26.3. The highest BCUT2D eigenvalue weighted by atomic mass is 16.5. The monoisotopic (exact) mass is 377 g/mol. The number of benzene rings is 1. The van der Waals surface area contributed by atoms with Crippen molar-refractivity contribution in [3.8, 4) is 5.75 Å². The Balaban J connectivity index is 1.46.